The third kappa shape index (κ3) is 4.63. The van der Waals surface area contributed by atoms with Crippen LogP contribution in [0.4, 0.5) is 10.1 Å². The molecule has 0 saturated carbocycles. The molecule has 4 heteroatoms. The van der Waals surface area contributed by atoms with Gasteiger partial charge in [0, 0.05) is 11.3 Å². The maximum atomic E-state index is 13.7. The highest BCUT2D eigenvalue weighted by Crippen LogP contribution is 2.21. The van der Waals surface area contributed by atoms with Gasteiger partial charge in [-0.1, -0.05) is 35.9 Å². The Labute approximate surface area is 137 Å². The van der Waals surface area contributed by atoms with Gasteiger partial charge in [-0.3, -0.25) is 4.79 Å². The summed E-state index contributed by atoms with van der Waals surface area (Å²) in [5, 5.41) is 2.98. The van der Waals surface area contributed by atoms with E-state index in [1.807, 2.05) is 33.9 Å². The molecule has 0 aliphatic rings. The number of hydrogen-bond acceptors (Lipinski definition) is 1. The van der Waals surface area contributed by atoms with Gasteiger partial charge in [-0.2, -0.15) is 0 Å². The topological polar surface area (TPSA) is 33.5 Å². The highest BCUT2D eigenvalue weighted by atomic mass is 19.1. The smallest absolute Gasteiger partial charge is 0.279 e. The molecular weight excluding hydrogens is 291 g/mol. The van der Waals surface area contributed by atoms with E-state index < -0.39 is 0 Å². The molecule has 0 radical (unpaired) electrons. The first kappa shape index (κ1) is 17.2. The van der Waals surface area contributed by atoms with Gasteiger partial charge >= 0.3 is 0 Å². The maximum Gasteiger partial charge on any atom is 0.279 e. The van der Waals surface area contributed by atoms with Crippen molar-refractivity contribution < 1.29 is 14.1 Å². The van der Waals surface area contributed by atoms with Crippen LogP contribution >= 0.6 is 0 Å². The molecule has 0 heterocycles. The standard InChI is InChI=1S/C19H23FN2O/c1-13-9-14(2)19(15(3)10-13)21-18(23)12-22(4)11-16-7-5-6-8-17(16)20/h5-10H,11-12H2,1-4H3,(H,21,23)/p+1. The minimum atomic E-state index is -0.225. The van der Waals surface area contributed by atoms with Crippen molar-refractivity contribution in [2.24, 2.45) is 0 Å². The first-order valence-corrected chi connectivity index (χ1v) is 7.79. The summed E-state index contributed by atoms with van der Waals surface area (Å²) in [4.78, 5) is 13.2. The van der Waals surface area contributed by atoms with Gasteiger partial charge in [-0.25, -0.2) is 4.39 Å². The van der Waals surface area contributed by atoms with Crippen LogP contribution in [0, 0.1) is 26.6 Å². The van der Waals surface area contributed by atoms with Crippen LogP contribution in [0.5, 0.6) is 0 Å². The fourth-order valence-electron chi connectivity index (χ4n) is 2.86. The molecule has 0 bridgehead atoms. The second-order valence-corrected chi connectivity index (χ2v) is 6.22. The van der Waals surface area contributed by atoms with Gasteiger partial charge < -0.3 is 10.2 Å². The highest BCUT2D eigenvalue weighted by molar-refractivity contribution is 5.93. The van der Waals surface area contributed by atoms with E-state index in [2.05, 4.69) is 17.4 Å². The lowest BCUT2D eigenvalue weighted by Gasteiger charge is -2.16. The summed E-state index contributed by atoms with van der Waals surface area (Å²) < 4.78 is 13.7. The first-order chi connectivity index (χ1) is 10.9. The third-order valence-corrected chi connectivity index (χ3v) is 3.85. The van der Waals surface area contributed by atoms with Crippen LogP contribution in [-0.2, 0) is 11.3 Å². The minimum absolute atomic E-state index is 0.0612. The lowest BCUT2D eigenvalue weighted by molar-refractivity contribution is -0.885. The van der Waals surface area contributed by atoms with Crippen LogP contribution in [0.15, 0.2) is 36.4 Å². The summed E-state index contributed by atoms with van der Waals surface area (Å²) in [6.45, 7) is 6.79. The van der Waals surface area contributed by atoms with Crippen LogP contribution in [0.25, 0.3) is 0 Å². The Kier molecular flexibility index (Phi) is 5.50. The van der Waals surface area contributed by atoms with E-state index in [-0.39, 0.29) is 11.7 Å². The number of carbonyl (C=O) groups excluding carboxylic acids is 1. The van der Waals surface area contributed by atoms with Gasteiger partial charge in [0.15, 0.2) is 6.54 Å². The zero-order valence-corrected chi connectivity index (χ0v) is 14.2. The monoisotopic (exact) mass is 315 g/mol. The third-order valence-electron chi connectivity index (χ3n) is 3.85. The second kappa shape index (κ2) is 7.38. The van der Waals surface area contributed by atoms with Crippen molar-refractivity contribution in [1.82, 2.24) is 0 Å². The fraction of sp³-hybridized carbons (Fsp3) is 0.316. The number of anilines is 1. The predicted octanol–water partition coefficient (Wildman–Crippen LogP) is 2.40. The molecule has 2 rings (SSSR count). The molecule has 1 atom stereocenters. The van der Waals surface area contributed by atoms with Crippen molar-refractivity contribution in [2.75, 3.05) is 18.9 Å². The number of likely N-dealkylation sites (N-methyl/N-ethyl adjacent to an activating group) is 1. The van der Waals surface area contributed by atoms with E-state index in [4.69, 9.17) is 0 Å². The van der Waals surface area contributed by atoms with Crippen molar-refractivity contribution in [1.29, 1.82) is 0 Å². The SMILES string of the molecule is Cc1cc(C)c(NC(=O)C[NH+](C)Cc2ccccc2F)c(C)c1. The summed E-state index contributed by atoms with van der Waals surface area (Å²) in [6, 6.07) is 10.8. The normalized spacial score (nSPS) is 12.0. The lowest BCUT2D eigenvalue weighted by Crippen LogP contribution is -3.08. The lowest BCUT2D eigenvalue weighted by atomic mass is 10.1. The predicted molar refractivity (Wildman–Crippen MR) is 91.1 cm³/mol. The number of hydrogen-bond donors (Lipinski definition) is 2. The Hall–Kier alpha value is -2.20. The molecule has 122 valence electrons. The Balaban J connectivity index is 1.98. The van der Waals surface area contributed by atoms with Gasteiger partial charge in [0.05, 0.1) is 7.05 Å². The zero-order chi connectivity index (χ0) is 17.0. The minimum Gasteiger partial charge on any atom is -0.326 e. The number of quaternary nitrogens is 1. The summed E-state index contributed by atoms with van der Waals surface area (Å²) >= 11 is 0. The van der Waals surface area contributed by atoms with Crippen LogP contribution in [0.3, 0.4) is 0 Å². The van der Waals surface area contributed by atoms with E-state index in [9.17, 15) is 9.18 Å². The molecule has 0 fully saturated rings. The van der Waals surface area contributed by atoms with Crippen LogP contribution < -0.4 is 10.2 Å². The molecule has 3 nitrogen and oxygen atoms in total. The summed E-state index contributed by atoms with van der Waals surface area (Å²) in [5.41, 5.74) is 4.80. The summed E-state index contributed by atoms with van der Waals surface area (Å²) in [7, 11) is 1.89. The van der Waals surface area contributed by atoms with Gasteiger partial charge in [0.1, 0.15) is 12.4 Å². The molecule has 2 N–H and O–H groups in total. The van der Waals surface area contributed by atoms with E-state index in [1.54, 1.807) is 12.1 Å². The Morgan fingerprint density at radius 3 is 2.35 bits per heavy atom. The highest BCUT2D eigenvalue weighted by Gasteiger charge is 2.14. The Morgan fingerprint density at radius 2 is 1.74 bits per heavy atom. The number of halogens is 1. The summed E-state index contributed by atoms with van der Waals surface area (Å²) in [5.74, 6) is -0.286. The molecule has 0 aliphatic carbocycles. The van der Waals surface area contributed by atoms with Crippen LogP contribution in [-0.4, -0.2) is 19.5 Å². The number of rotatable bonds is 5. The van der Waals surface area contributed by atoms with Gasteiger partial charge in [0.2, 0.25) is 0 Å². The van der Waals surface area contributed by atoms with Crippen molar-refractivity contribution in [3.05, 3.63) is 64.5 Å². The van der Waals surface area contributed by atoms with E-state index >= 15 is 0 Å². The van der Waals surface area contributed by atoms with Gasteiger partial charge in [0.25, 0.3) is 5.91 Å². The Bertz CT molecular complexity index is 689. The van der Waals surface area contributed by atoms with Crippen molar-refractivity contribution in [3.8, 4) is 0 Å². The van der Waals surface area contributed by atoms with Crippen LogP contribution in [0.2, 0.25) is 0 Å². The first-order valence-electron chi connectivity index (χ1n) is 7.79. The van der Waals surface area contributed by atoms with Crippen molar-refractivity contribution in [2.45, 2.75) is 27.3 Å². The van der Waals surface area contributed by atoms with Crippen molar-refractivity contribution in [3.63, 3.8) is 0 Å². The molecule has 1 unspecified atom stereocenters. The molecular formula is C19H24FN2O+. The number of amides is 1. The molecule has 2 aromatic rings. The van der Waals surface area contributed by atoms with E-state index in [0.717, 1.165) is 21.7 Å². The molecule has 0 aromatic heterocycles. The van der Waals surface area contributed by atoms with Gasteiger partial charge in [-0.05, 0) is 38.0 Å². The molecule has 0 spiro atoms. The summed E-state index contributed by atoms with van der Waals surface area (Å²) in [6.07, 6.45) is 0. The quantitative estimate of drug-likeness (QED) is 0.873. The van der Waals surface area contributed by atoms with E-state index in [1.165, 1.54) is 11.6 Å². The Morgan fingerprint density at radius 1 is 1.13 bits per heavy atom. The largest absolute Gasteiger partial charge is 0.326 e. The second-order valence-electron chi connectivity index (χ2n) is 6.22. The fourth-order valence-corrected chi connectivity index (χ4v) is 2.86. The number of benzene rings is 2. The molecule has 0 saturated heterocycles. The molecule has 0 aliphatic heterocycles. The average Bonchev–Trinajstić information content (AvgIpc) is 2.45. The number of carbonyl (C=O) groups is 1. The average molecular weight is 315 g/mol. The number of aryl methyl sites for hydroxylation is 3. The van der Waals surface area contributed by atoms with Gasteiger partial charge in [-0.15, -0.1) is 0 Å². The van der Waals surface area contributed by atoms with E-state index in [0.29, 0.717) is 18.7 Å². The molecule has 1 amide bonds. The number of nitrogens with one attached hydrogen (secondary N) is 2. The molecule has 2 aromatic carbocycles. The molecule has 23 heavy (non-hydrogen) atoms. The zero-order valence-electron chi connectivity index (χ0n) is 14.2. The maximum absolute atomic E-state index is 13.7. The van der Waals surface area contributed by atoms with Crippen molar-refractivity contribution >= 4 is 11.6 Å². The van der Waals surface area contributed by atoms with Crippen LogP contribution in [0.1, 0.15) is 22.3 Å².